The van der Waals surface area contributed by atoms with Crippen LogP contribution in [0.3, 0.4) is 0 Å². The van der Waals surface area contributed by atoms with Crippen molar-refractivity contribution < 1.29 is 9.90 Å². The Balaban J connectivity index is 0.00000124. The quantitative estimate of drug-likeness (QED) is 0.622. The smallest absolute Gasteiger partial charge is 0.256 e. The SMILES string of the molecule is CC.CC(O)C1CCCCN1c1cc(C(=O)Nc2ccccc2)c2ccccc2n1. The molecule has 1 aromatic heterocycles. The lowest BCUT2D eigenvalue weighted by Crippen LogP contribution is -2.46. The Bertz CT molecular complexity index is 973. The molecule has 1 fully saturated rings. The Morgan fingerprint density at radius 3 is 2.53 bits per heavy atom. The minimum absolute atomic E-state index is 0.0208. The molecule has 1 aliphatic heterocycles. The molecular weight excluding hydrogens is 374 g/mol. The van der Waals surface area contributed by atoms with E-state index in [-0.39, 0.29) is 11.9 Å². The van der Waals surface area contributed by atoms with Crippen LogP contribution in [0.5, 0.6) is 0 Å². The van der Waals surface area contributed by atoms with E-state index < -0.39 is 6.10 Å². The van der Waals surface area contributed by atoms with E-state index in [0.717, 1.165) is 48.2 Å². The highest BCUT2D eigenvalue weighted by Crippen LogP contribution is 2.29. The Morgan fingerprint density at radius 2 is 1.80 bits per heavy atom. The minimum atomic E-state index is -0.449. The second-order valence-electron chi connectivity index (χ2n) is 7.36. The van der Waals surface area contributed by atoms with E-state index in [1.165, 1.54) is 0 Å². The number of fused-ring (bicyclic) bond motifs is 1. The van der Waals surface area contributed by atoms with Crippen LogP contribution in [-0.2, 0) is 0 Å². The number of pyridine rings is 1. The zero-order valence-corrected chi connectivity index (χ0v) is 18.0. The third kappa shape index (κ3) is 4.79. The molecule has 1 saturated heterocycles. The summed E-state index contributed by atoms with van der Waals surface area (Å²) in [6.45, 7) is 6.66. The van der Waals surface area contributed by atoms with E-state index >= 15 is 0 Å². The zero-order chi connectivity index (χ0) is 21.5. The van der Waals surface area contributed by atoms with Crippen molar-refractivity contribution in [2.24, 2.45) is 0 Å². The molecule has 1 aliphatic rings. The number of carbonyl (C=O) groups is 1. The molecule has 2 aromatic carbocycles. The molecule has 2 N–H and O–H groups in total. The number of piperidine rings is 1. The second-order valence-corrected chi connectivity index (χ2v) is 7.36. The van der Waals surface area contributed by atoms with Gasteiger partial charge in [-0.25, -0.2) is 4.98 Å². The van der Waals surface area contributed by atoms with E-state index in [2.05, 4.69) is 10.2 Å². The summed E-state index contributed by atoms with van der Waals surface area (Å²) in [5.74, 6) is 0.596. The minimum Gasteiger partial charge on any atom is -0.391 e. The number of nitrogens with zero attached hydrogens (tertiary/aromatic N) is 2. The van der Waals surface area contributed by atoms with Crippen molar-refractivity contribution >= 4 is 28.3 Å². The Labute approximate surface area is 178 Å². The molecule has 0 aliphatic carbocycles. The average molecular weight is 406 g/mol. The van der Waals surface area contributed by atoms with Gasteiger partial charge in [-0.2, -0.15) is 0 Å². The molecule has 158 valence electrons. The number of nitrogens with one attached hydrogen (secondary N) is 1. The molecular formula is C25H31N3O2. The van der Waals surface area contributed by atoms with Gasteiger partial charge in [-0.15, -0.1) is 0 Å². The molecule has 0 spiro atoms. The molecule has 2 atom stereocenters. The van der Waals surface area contributed by atoms with Gasteiger partial charge < -0.3 is 15.3 Å². The highest BCUT2D eigenvalue weighted by atomic mass is 16.3. The third-order valence-corrected chi connectivity index (χ3v) is 5.38. The van der Waals surface area contributed by atoms with Crippen molar-refractivity contribution in [1.82, 2.24) is 4.98 Å². The predicted octanol–water partition coefficient (Wildman–Crippen LogP) is 5.25. The van der Waals surface area contributed by atoms with E-state index in [1.807, 2.05) is 81.4 Å². The monoisotopic (exact) mass is 405 g/mol. The van der Waals surface area contributed by atoms with Crippen LogP contribution >= 0.6 is 0 Å². The number of carbonyl (C=O) groups excluding carboxylic acids is 1. The molecule has 3 aromatic rings. The van der Waals surface area contributed by atoms with Gasteiger partial charge in [0.25, 0.3) is 5.91 Å². The lowest BCUT2D eigenvalue weighted by molar-refractivity contribution is 0.102. The van der Waals surface area contributed by atoms with E-state index in [4.69, 9.17) is 4.98 Å². The normalized spacial score (nSPS) is 17.1. The summed E-state index contributed by atoms with van der Waals surface area (Å²) in [5.41, 5.74) is 2.14. The highest BCUT2D eigenvalue weighted by Gasteiger charge is 2.28. The van der Waals surface area contributed by atoms with Crippen LogP contribution in [0.2, 0.25) is 0 Å². The maximum Gasteiger partial charge on any atom is 0.256 e. The van der Waals surface area contributed by atoms with Crippen LogP contribution in [0.4, 0.5) is 11.5 Å². The number of anilines is 2. The molecule has 0 radical (unpaired) electrons. The average Bonchev–Trinajstić information content (AvgIpc) is 2.80. The second kappa shape index (κ2) is 10.2. The first-order chi connectivity index (χ1) is 14.6. The van der Waals surface area contributed by atoms with Crippen molar-refractivity contribution in [2.45, 2.75) is 52.2 Å². The van der Waals surface area contributed by atoms with E-state index in [9.17, 15) is 9.90 Å². The number of benzene rings is 2. The summed E-state index contributed by atoms with van der Waals surface area (Å²) in [5, 5.41) is 14.1. The maximum atomic E-state index is 13.1. The van der Waals surface area contributed by atoms with Crippen molar-refractivity contribution in [1.29, 1.82) is 0 Å². The Hall–Kier alpha value is -2.92. The summed E-state index contributed by atoms with van der Waals surface area (Å²) in [6, 6.07) is 19.0. The van der Waals surface area contributed by atoms with Crippen molar-refractivity contribution in [3.63, 3.8) is 0 Å². The number of aliphatic hydroxyl groups excluding tert-OH is 1. The summed E-state index contributed by atoms with van der Waals surface area (Å²) in [4.78, 5) is 20.0. The molecule has 4 rings (SSSR count). The van der Waals surface area contributed by atoms with Gasteiger partial charge >= 0.3 is 0 Å². The highest BCUT2D eigenvalue weighted by molar-refractivity contribution is 6.13. The number of aliphatic hydroxyl groups is 1. The number of para-hydroxylation sites is 2. The van der Waals surface area contributed by atoms with Gasteiger partial charge in [-0.3, -0.25) is 4.79 Å². The van der Waals surface area contributed by atoms with Crippen LogP contribution in [0, 0.1) is 0 Å². The summed E-state index contributed by atoms with van der Waals surface area (Å²) >= 11 is 0. The molecule has 5 nitrogen and oxygen atoms in total. The molecule has 2 heterocycles. The topological polar surface area (TPSA) is 65.5 Å². The third-order valence-electron chi connectivity index (χ3n) is 5.38. The van der Waals surface area contributed by atoms with Crippen molar-refractivity contribution in [3.05, 3.63) is 66.2 Å². The first-order valence-electron chi connectivity index (χ1n) is 10.8. The summed E-state index contributed by atoms with van der Waals surface area (Å²) < 4.78 is 0. The number of aromatic nitrogens is 1. The predicted molar refractivity (Wildman–Crippen MR) is 124 cm³/mol. The summed E-state index contributed by atoms with van der Waals surface area (Å²) in [6.07, 6.45) is 2.64. The molecule has 5 heteroatoms. The first kappa shape index (κ1) is 21.8. The Morgan fingerprint density at radius 1 is 1.10 bits per heavy atom. The largest absolute Gasteiger partial charge is 0.391 e. The van der Waals surface area contributed by atoms with Gasteiger partial charge in [0.05, 0.1) is 23.2 Å². The fraction of sp³-hybridized carbons (Fsp3) is 0.360. The number of rotatable bonds is 4. The van der Waals surface area contributed by atoms with Gasteiger partial charge in [0, 0.05) is 17.6 Å². The van der Waals surface area contributed by atoms with Crippen LogP contribution in [0.25, 0.3) is 10.9 Å². The van der Waals surface area contributed by atoms with Gasteiger partial charge in [0.1, 0.15) is 5.82 Å². The fourth-order valence-corrected chi connectivity index (χ4v) is 3.96. The van der Waals surface area contributed by atoms with Gasteiger partial charge in [0.15, 0.2) is 0 Å². The van der Waals surface area contributed by atoms with Crippen LogP contribution in [-0.4, -0.2) is 34.7 Å². The van der Waals surface area contributed by atoms with Crippen LogP contribution in [0.15, 0.2) is 60.7 Å². The number of amides is 1. The van der Waals surface area contributed by atoms with Crippen LogP contribution < -0.4 is 10.2 Å². The fourth-order valence-electron chi connectivity index (χ4n) is 3.96. The number of hydrogen-bond donors (Lipinski definition) is 2. The molecule has 2 unspecified atom stereocenters. The van der Waals surface area contributed by atoms with Crippen molar-refractivity contribution in [2.75, 3.05) is 16.8 Å². The number of hydrogen-bond acceptors (Lipinski definition) is 4. The Kier molecular flexibility index (Phi) is 7.41. The molecule has 0 saturated carbocycles. The van der Waals surface area contributed by atoms with Gasteiger partial charge in [-0.1, -0.05) is 50.2 Å². The van der Waals surface area contributed by atoms with Gasteiger partial charge in [-0.05, 0) is 50.5 Å². The van der Waals surface area contributed by atoms with Crippen molar-refractivity contribution in [3.8, 4) is 0 Å². The van der Waals surface area contributed by atoms with E-state index in [1.54, 1.807) is 0 Å². The first-order valence-corrected chi connectivity index (χ1v) is 10.8. The van der Waals surface area contributed by atoms with E-state index in [0.29, 0.717) is 5.56 Å². The zero-order valence-electron chi connectivity index (χ0n) is 18.0. The maximum absolute atomic E-state index is 13.1. The molecule has 0 bridgehead atoms. The van der Waals surface area contributed by atoms with Gasteiger partial charge in [0.2, 0.25) is 0 Å². The molecule has 30 heavy (non-hydrogen) atoms. The molecule has 1 amide bonds. The lowest BCUT2D eigenvalue weighted by atomic mass is 9.97. The summed E-state index contributed by atoms with van der Waals surface area (Å²) in [7, 11) is 0. The lowest BCUT2D eigenvalue weighted by Gasteiger charge is -2.38. The standard InChI is InChI=1S/C23H25N3O2.C2H6/c1-16(27)21-13-7-8-14-26(21)22-15-19(18-11-5-6-12-20(18)25-22)23(28)24-17-9-3-2-4-10-17;1-2/h2-6,9-12,15-16,21,27H,7-8,13-14H2,1H3,(H,24,28);1-2H3. The van der Waals surface area contributed by atoms with Crippen LogP contribution in [0.1, 0.15) is 50.4 Å².